The Hall–Kier alpha value is -1.71. The molecule has 0 aliphatic carbocycles. The summed E-state index contributed by atoms with van der Waals surface area (Å²) in [5.74, 6) is 1.64. The first-order chi connectivity index (χ1) is 17.8. The molecule has 1 N–H and O–H groups in total. The predicted octanol–water partition coefficient (Wildman–Crippen LogP) is 10.5. The molecule has 1 rings (SSSR count). The molecule has 0 heterocycles. The van der Waals surface area contributed by atoms with Gasteiger partial charge in [0.05, 0.1) is 18.9 Å². The van der Waals surface area contributed by atoms with Gasteiger partial charge in [0, 0.05) is 11.6 Å². The van der Waals surface area contributed by atoms with E-state index in [0.29, 0.717) is 6.61 Å². The average Bonchev–Trinajstić information content (AvgIpc) is 2.90. The van der Waals surface area contributed by atoms with Gasteiger partial charge in [-0.05, 0) is 37.8 Å². The predicted molar refractivity (Wildman–Crippen MR) is 155 cm³/mol. The standard InChI is InChI=1S/C32H57NO3/c1-4-7-10-13-16-17-20-23-31(33-34)30-25-24-29(35-26-21-18-14-11-8-5-2)28-32(30)36-27-22-19-15-12-9-6-3/h24-25,28,34H,4-23,26-27H2,1-3H3/b33-31-. The van der Waals surface area contributed by atoms with Gasteiger partial charge in [0.2, 0.25) is 0 Å². The number of benzene rings is 1. The highest BCUT2D eigenvalue weighted by molar-refractivity contribution is 6.02. The highest BCUT2D eigenvalue weighted by atomic mass is 16.5. The normalized spacial score (nSPS) is 11.7. The van der Waals surface area contributed by atoms with Crippen LogP contribution in [0.3, 0.4) is 0 Å². The van der Waals surface area contributed by atoms with Crippen molar-refractivity contribution < 1.29 is 14.7 Å². The molecule has 0 aliphatic rings. The van der Waals surface area contributed by atoms with E-state index in [1.165, 1.54) is 103 Å². The number of hydrogen-bond donors (Lipinski definition) is 1. The maximum atomic E-state index is 9.80. The molecule has 36 heavy (non-hydrogen) atoms. The highest BCUT2D eigenvalue weighted by Crippen LogP contribution is 2.28. The molecular weight excluding hydrogens is 446 g/mol. The Labute approximate surface area is 223 Å². The molecule has 0 bridgehead atoms. The third-order valence-electron chi connectivity index (χ3n) is 6.92. The van der Waals surface area contributed by atoms with Gasteiger partial charge < -0.3 is 14.7 Å². The van der Waals surface area contributed by atoms with Crippen LogP contribution in [-0.4, -0.2) is 24.1 Å². The molecule has 0 aliphatic heterocycles. The molecule has 0 amide bonds. The number of ether oxygens (including phenoxy) is 2. The molecule has 0 unspecified atom stereocenters. The summed E-state index contributed by atoms with van der Waals surface area (Å²) in [4.78, 5) is 0. The van der Waals surface area contributed by atoms with Gasteiger partial charge in [0.25, 0.3) is 0 Å². The lowest BCUT2D eigenvalue weighted by atomic mass is 10.0. The van der Waals surface area contributed by atoms with Gasteiger partial charge in [-0.1, -0.05) is 129 Å². The largest absolute Gasteiger partial charge is 0.493 e. The molecule has 1 aromatic rings. The monoisotopic (exact) mass is 503 g/mol. The molecule has 1 aromatic carbocycles. The summed E-state index contributed by atoms with van der Waals surface area (Å²) in [7, 11) is 0. The second-order valence-corrected chi connectivity index (χ2v) is 10.3. The Balaban J connectivity index is 2.63. The van der Waals surface area contributed by atoms with Crippen LogP contribution in [-0.2, 0) is 0 Å². The minimum atomic E-state index is 0.691. The highest BCUT2D eigenvalue weighted by Gasteiger charge is 2.13. The van der Waals surface area contributed by atoms with E-state index in [4.69, 9.17) is 9.47 Å². The maximum Gasteiger partial charge on any atom is 0.132 e. The molecule has 0 fully saturated rings. The fourth-order valence-corrected chi connectivity index (χ4v) is 4.58. The van der Waals surface area contributed by atoms with Crippen LogP contribution in [0.25, 0.3) is 0 Å². The fourth-order valence-electron chi connectivity index (χ4n) is 4.58. The zero-order valence-corrected chi connectivity index (χ0v) is 24.0. The molecule has 0 atom stereocenters. The Morgan fingerprint density at radius 2 is 1.08 bits per heavy atom. The minimum absolute atomic E-state index is 0.691. The summed E-state index contributed by atoms with van der Waals surface area (Å²) >= 11 is 0. The van der Waals surface area contributed by atoms with Crippen molar-refractivity contribution in [2.45, 2.75) is 149 Å². The van der Waals surface area contributed by atoms with Crippen molar-refractivity contribution in [3.63, 3.8) is 0 Å². The van der Waals surface area contributed by atoms with E-state index in [1.54, 1.807) is 0 Å². The van der Waals surface area contributed by atoms with Crippen molar-refractivity contribution in [2.75, 3.05) is 13.2 Å². The smallest absolute Gasteiger partial charge is 0.132 e. The lowest BCUT2D eigenvalue weighted by molar-refractivity contribution is 0.288. The van der Waals surface area contributed by atoms with E-state index in [0.717, 1.165) is 55.1 Å². The van der Waals surface area contributed by atoms with Crippen molar-refractivity contribution >= 4 is 5.71 Å². The number of rotatable bonds is 25. The Morgan fingerprint density at radius 1 is 0.611 bits per heavy atom. The van der Waals surface area contributed by atoms with Gasteiger partial charge in [0.15, 0.2) is 0 Å². The van der Waals surface area contributed by atoms with Gasteiger partial charge in [0.1, 0.15) is 11.5 Å². The number of nitrogens with zero attached hydrogens (tertiary/aromatic N) is 1. The van der Waals surface area contributed by atoms with Gasteiger partial charge >= 0.3 is 0 Å². The van der Waals surface area contributed by atoms with Crippen LogP contribution in [0, 0.1) is 0 Å². The second kappa shape index (κ2) is 23.7. The lowest BCUT2D eigenvalue weighted by Gasteiger charge is -2.15. The van der Waals surface area contributed by atoms with Crippen LogP contribution in [0.2, 0.25) is 0 Å². The van der Waals surface area contributed by atoms with Crippen LogP contribution in [0.5, 0.6) is 11.5 Å². The molecule has 4 nitrogen and oxygen atoms in total. The van der Waals surface area contributed by atoms with Crippen LogP contribution in [0.4, 0.5) is 0 Å². The van der Waals surface area contributed by atoms with Gasteiger partial charge in [-0.25, -0.2) is 0 Å². The third kappa shape index (κ3) is 16.1. The quantitative estimate of drug-likeness (QED) is 0.0624. The van der Waals surface area contributed by atoms with Gasteiger partial charge in [-0.3, -0.25) is 0 Å². The molecule has 0 spiro atoms. The van der Waals surface area contributed by atoms with Crippen molar-refractivity contribution in [2.24, 2.45) is 5.16 Å². The second-order valence-electron chi connectivity index (χ2n) is 10.3. The van der Waals surface area contributed by atoms with Gasteiger partial charge in [-0.2, -0.15) is 0 Å². The molecule has 0 saturated heterocycles. The van der Waals surface area contributed by atoms with Crippen LogP contribution in [0.1, 0.15) is 155 Å². The molecule has 208 valence electrons. The zero-order valence-electron chi connectivity index (χ0n) is 24.0. The van der Waals surface area contributed by atoms with E-state index >= 15 is 0 Å². The molecular formula is C32H57NO3. The average molecular weight is 504 g/mol. The van der Waals surface area contributed by atoms with Crippen molar-refractivity contribution in [3.05, 3.63) is 23.8 Å². The molecule has 4 heteroatoms. The van der Waals surface area contributed by atoms with E-state index in [2.05, 4.69) is 25.9 Å². The Morgan fingerprint density at radius 3 is 1.61 bits per heavy atom. The summed E-state index contributed by atoms with van der Waals surface area (Å²) in [6.45, 7) is 8.18. The summed E-state index contributed by atoms with van der Waals surface area (Å²) in [5, 5.41) is 13.5. The van der Waals surface area contributed by atoms with E-state index < -0.39 is 0 Å². The van der Waals surface area contributed by atoms with Crippen LogP contribution >= 0.6 is 0 Å². The van der Waals surface area contributed by atoms with Gasteiger partial charge in [-0.15, -0.1) is 0 Å². The molecule has 0 saturated carbocycles. The Kier molecular flexibility index (Phi) is 21.3. The van der Waals surface area contributed by atoms with E-state index in [9.17, 15) is 5.21 Å². The first kappa shape index (κ1) is 32.3. The zero-order chi connectivity index (χ0) is 26.1. The van der Waals surface area contributed by atoms with Crippen molar-refractivity contribution in [1.29, 1.82) is 0 Å². The summed E-state index contributed by atoms with van der Waals surface area (Å²) in [5.41, 5.74) is 1.63. The lowest BCUT2D eigenvalue weighted by Crippen LogP contribution is -2.08. The number of unbranched alkanes of at least 4 members (excludes halogenated alkanes) is 16. The van der Waals surface area contributed by atoms with E-state index in [1.807, 2.05) is 18.2 Å². The summed E-state index contributed by atoms with van der Waals surface area (Å²) in [6, 6.07) is 6.02. The summed E-state index contributed by atoms with van der Waals surface area (Å²) in [6.07, 6.45) is 24.4. The SMILES string of the molecule is CCCCCCCCC/C(=N/O)c1ccc(OCCCCCCCC)cc1OCCCCCCCC. The van der Waals surface area contributed by atoms with Crippen molar-refractivity contribution in [1.82, 2.24) is 0 Å². The Bertz CT molecular complexity index is 659. The topological polar surface area (TPSA) is 51.1 Å². The third-order valence-corrected chi connectivity index (χ3v) is 6.92. The number of oxime groups is 1. The first-order valence-corrected chi connectivity index (χ1v) is 15.4. The van der Waals surface area contributed by atoms with Crippen LogP contribution in [0.15, 0.2) is 23.4 Å². The maximum absolute atomic E-state index is 9.80. The fraction of sp³-hybridized carbons (Fsp3) is 0.781. The molecule has 0 radical (unpaired) electrons. The minimum Gasteiger partial charge on any atom is -0.493 e. The van der Waals surface area contributed by atoms with E-state index in [-0.39, 0.29) is 0 Å². The summed E-state index contributed by atoms with van der Waals surface area (Å²) < 4.78 is 12.3. The number of hydrogen-bond acceptors (Lipinski definition) is 4. The molecule has 0 aromatic heterocycles. The van der Waals surface area contributed by atoms with Crippen LogP contribution < -0.4 is 9.47 Å². The first-order valence-electron chi connectivity index (χ1n) is 15.4. The van der Waals surface area contributed by atoms with Crippen molar-refractivity contribution in [3.8, 4) is 11.5 Å².